The fourth-order valence-corrected chi connectivity index (χ4v) is 5.24. The Morgan fingerprint density at radius 3 is 2.04 bits per heavy atom. The van der Waals surface area contributed by atoms with Crippen LogP contribution in [0.1, 0.15) is 31.4 Å². The molecule has 3 N–H and O–H groups in total. The normalized spacial score (nSPS) is 14.2. The molecule has 0 aliphatic heterocycles. The molecule has 0 radical (unpaired) electrons. The number of nitrogens with one attached hydrogen (secondary N) is 1. The molecule has 23 heavy (non-hydrogen) atoms. The highest BCUT2D eigenvalue weighted by molar-refractivity contribution is 7.91. The van der Waals surface area contributed by atoms with Crippen molar-refractivity contribution in [3.05, 3.63) is 23.3 Å². The van der Waals surface area contributed by atoms with E-state index in [1.54, 1.807) is 6.92 Å². The molecule has 0 aliphatic rings. The predicted molar refractivity (Wildman–Crippen MR) is 91.6 cm³/mol. The Kier molecular flexibility index (Phi) is 6.37. The predicted octanol–water partition coefficient (Wildman–Crippen LogP) is 1.36. The van der Waals surface area contributed by atoms with Crippen molar-refractivity contribution in [2.45, 2.75) is 49.9 Å². The lowest BCUT2D eigenvalue weighted by Gasteiger charge is -2.20. The fourth-order valence-electron chi connectivity index (χ4n) is 2.50. The minimum Gasteiger partial charge on any atom is -0.329 e. The van der Waals surface area contributed by atoms with Gasteiger partial charge in [-0.2, -0.15) is 0 Å². The number of sulfone groups is 1. The first-order valence-corrected chi connectivity index (χ1v) is 10.8. The number of aryl methyl sites for hydroxylation is 1. The van der Waals surface area contributed by atoms with Crippen molar-refractivity contribution < 1.29 is 16.8 Å². The molecule has 8 heteroatoms. The molecule has 1 aromatic rings. The first-order chi connectivity index (χ1) is 10.4. The molecule has 6 nitrogen and oxygen atoms in total. The van der Waals surface area contributed by atoms with Gasteiger partial charge in [0.15, 0.2) is 9.84 Å². The SMILES string of the molecule is Cc1cc(S(C)(=O)=O)c(C)c(S(=O)(=O)NC(CN)CC(C)C)c1. The molecule has 0 saturated carbocycles. The third-order valence-electron chi connectivity index (χ3n) is 3.51. The highest BCUT2D eigenvalue weighted by Crippen LogP contribution is 2.25. The molecular formula is C15H26N2O4S2. The van der Waals surface area contributed by atoms with Gasteiger partial charge < -0.3 is 5.73 Å². The second kappa shape index (κ2) is 7.29. The smallest absolute Gasteiger partial charge is 0.241 e. The summed E-state index contributed by atoms with van der Waals surface area (Å²) in [5.74, 6) is 0.288. The summed E-state index contributed by atoms with van der Waals surface area (Å²) in [5.41, 5.74) is 6.45. The van der Waals surface area contributed by atoms with Crippen LogP contribution in [0.15, 0.2) is 21.9 Å². The van der Waals surface area contributed by atoms with E-state index in [-0.39, 0.29) is 33.9 Å². The molecule has 0 saturated heterocycles. The number of rotatable bonds is 7. The van der Waals surface area contributed by atoms with Crippen molar-refractivity contribution in [3.63, 3.8) is 0 Å². The van der Waals surface area contributed by atoms with Crippen LogP contribution < -0.4 is 10.5 Å². The molecule has 0 bridgehead atoms. The fraction of sp³-hybridized carbons (Fsp3) is 0.600. The molecule has 1 aromatic carbocycles. The van der Waals surface area contributed by atoms with Crippen LogP contribution in [-0.2, 0) is 19.9 Å². The van der Waals surface area contributed by atoms with Gasteiger partial charge >= 0.3 is 0 Å². The lowest BCUT2D eigenvalue weighted by atomic mass is 10.1. The molecule has 1 unspecified atom stereocenters. The van der Waals surface area contributed by atoms with Gasteiger partial charge in [-0.25, -0.2) is 21.6 Å². The van der Waals surface area contributed by atoms with Gasteiger partial charge in [-0.15, -0.1) is 0 Å². The second-order valence-corrected chi connectivity index (χ2v) is 10.0. The van der Waals surface area contributed by atoms with Crippen LogP contribution in [0.5, 0.6) is 0 Å². The Morgan fingerprint density at radius 2 is 1.61 bits per heavy atom. The Labute approximate surface area is 139 Å². The lowest BCUT2D eigenvalue weighted by Crippen LogP contribution is -2.41. The molecular weight excluding hydrogens is 336 g/mol. The van der Waals surface area contributed by atoms with E-state index in [0.29, 0.717) is 12.0 Å². The Balaban J connectivity index is 3.37. The third-order valence-corrected chi connectivity index (χ3v) is 6.38. The topological polar surface area (TPSA) is 106 Å². The van der Waals surface area contributed by atoms with E-state index in [9.17, 15) is 16.8 Å². The molecule has 0 aromatic heterocycles. The van der Waals surface area contributed by atoms with Gasteiger partial charge in [-0.1, -0.05) is 13.8 Å². The maximum atomic E-state index is 12.7. The molecule has 0 heterocycles. The molecule has 1 atom stereocenters. The Morgan fingerprint density at radius 1 is 1.09 bits per heavy atom. The van der Waals surface area contributed by atoms with Crippen molar-refractivity contribution in [1.82, 2.24) is 4.72 Å². The number of hydrogen-bond donors (Lipinski definition) is 2. The van der Waals surface area contributed by atoms with Gasteiger partial charge in [0, 0.05) is 18.8 Å². The number of nitrogens with two attached hydrogens (primary N) is 1. The minimum atomic E-state index is -3.85. The van der Waals surface area contributed by atoms with Gasteiger partial charge in [0.25, 0.3) is 0 Å². The van der Waals surface area contributed by atoms with Crippen LogP contribution in [-0.4, -0.2) is 35.7 Å². The summed E-state index contributed by atoms with van der Waals surface area (Å²) < 4.78 is 51.7. The average Bonchev–Trinajstić information content (AvgIpc) is 2.37. The van der Waals surface area contributed by atoms with Crippen LogP contribution in [0.25, 0.3) is 0 Å². The van der Waals surface area contributed by atoms with E-state index in [4.69, 9.17) is 5.73 Å². The summed E-state index contributed by atoms with van der Waals surface area (Å²) in [6, 6.07) is 2.58. The van der Waals surface area contributed by atoms with Crippen LogP contribution in [0.3, 0.4) is 0 Å². The van der Waals surface area contributed by atoms with E-state index in [1.165, 1.54) is 19.1 Å². The summed E-state index contributed by atoms with van der Waals surface area (Å²) in [4.78, 5) is 0.0196. The van der Waals surface area contributed by atoms with E-state index >= 15 is 0 Å². The van der Waals surface area contributed by atoms with Gasteiger partial charge in [0.1, 0.15) is 0 Å². The Bertz CT molecular complexity index is 769. The van der Waals surface area contributed by atoms with Gasteiger partial charge in [0.2, 0.25) is 10.0 Å². The van der Waals surface area contributed by atoms with Crippen molar-refractivity contribution in [1.29, 1.82) is 0 Å². The van der Waals surface area contributed by atoms with E-state index < -0.39 is 19.9 Å². The van der Waals surface area contributed by atoms with Crippen LogP contribution in [0, 0.1) is 19.8 Å². The summed E-state index contributed by atoms with van der Waals surface area (Å²) in [6.45, 7) is 7.32. The molecule has 0 amide bonds. The number of sulfonamides is 1. The largest absolute Gasteiger partial charge is 0.329 e. The summed E-state index contributed by atoms with van der Waals surface area (Å²) in [7, 11) is -7.36. The average molecular weight is 363 g/mol. The maximum Gasteiger partial charge on any atom is 0.241 e. The standard InChI is InChI=1S/C15H26N2O4S2/c1-10(2)6-13(9-16)17-23(20,21)15-8-11(3)7-14(12(15)4)22(5,18)19/h7-8,10,13,17H,6,9,16H2,1-5H3. The zero-order chi connectivity index (χ0) is 18.0. The summed E-state index contributed by atoms with van der Waals surface area (Å²) in [5, 5.41) is 0. The van der Waals surface area contributed by atoms with Crippen molar-refractivity contribution in [3.8, 4) is 0 Å². The summed E-state index contributed by atoms with van der Waals surface area (Å²) >= 11 is 0. The maximum absolute atomic E-state index is 12.7. The van der Waals surface area contributed by atoms with Crippen molar-refractivity contribution >= 4 is 19.9 Å². The zero-order valence-corrected chi connectivity index (χ0v) is 15.9. The summed E-state index contributed by atoms with van der Waals surface area (Å²) in [6.07, 6.45) is 1.68. The van der Waals surface area contributed by atoms with Crippen LogP contribution >= 0.6 is 0 Å². The minimum absolute atomic E-state index is 0.0138. The highest BCUT2D eigenvalue weighted by Gasteiger charge is 2.25. The van der Waals surface area contributed by atoms with Crippen molar-refractivity contribution in [2.24, 2.45) is 11.7 Å². The number of hydrogen-bond acceptors (Lipinski definition) is 5. The van der Waals surface area contributed by atoms with E-state index in [2.05, 4.69) is 4.72 Å². The Hall–Kier alpha value is -0.960. The monoisotopic (exact) mass is 362 g/mol. The van der Waals surface area contributed by atoms with E-state index in [1.807, 2.05) is 13.8 Å². The highest BCUT2D eigenvalue weighted by atomic mass is 32.2. The van der Waals surface area contributed by atoms with Gasteiger partial charge in [0.05, 0.1) is 9.79 Å². The molecule has 0 aliphatic carbocycles. The first kappa shape index (κ1) is 20.1. The van der Waals surface area contributed by atoms with Crippen LogP contribution in [0.2, 0.25) is 0 Å². The first-order valence-electron chi connectivity index (χ1n) is 7.42. The van der Waals surface area contributed by atoms with Crippen molar-refractivity contribution in [2.75, 3.05) is 12.8 Å². The van der Waals surface area contributed by atoms with Crippen LogP contribution in [0.4, 0.5) is 0 Å². The molecule has 1 rings (SSSR count). The molecule has 0 fully saturated rings. The lowest BCUT2D eigenvalue weighted by molar-refractivity contribution is 0.465. The van der Waals surface area contributed by atoms with E-state index in [0.717, 1.165) is 6.26 Å². The third kappa shape index (κ3) is 5.27. The number of benzene rings is 1. The molecule has 0 spiro atoms. The molecule has 132 valence electrons. The van der Waals surface area contributed by atoms with Gasteiger partial charge in [-0.3, -0.25) is 0 Å². The van der Waals surface area contributed by atoms with Gasteiger partial charge in [-0.05, 0) is 49.4 Å². The quantitative estimate of drug-likeness (QED) is 0.762. The zero-order valence-electron chi connectivity index (χ0n) is 14.3. The second-order valence-electron chi connectivity index (χ2n) is 6.34.